The molecule has 0 amide bonds. The summed E-state index contributed by atoms with van der Waals surface area (Å²) in [6, 6.07) is 3.76. The summed E-state index contributed by atoms with van der Waals surface area (Å²) < 4.78 is 16.6. The third kappa shape index (κ3) is 3.52. The van der Waals surface area contributed by atoms with Gasteiger partial charge in [0.1, 0.15) is 11.6 Å². The van der Waals surface area contributed by atoms with Crippen LogP contribution in [0.1, 0.15) is 16.9 Å². The normalized spacial score (nSPS) is 10.5. The Morgan fingerprint density at radius 3 is 2.52 bits per heavy atom. The van der Waals surface area contributed by atoms with E-state index >= 15 is 0 Å². The van der Waals surface area contributed by atoms with Gasteiger partial charge in [-0.25, -0.2) is 4.98 Å². The highest BCUT2D eigenvalue weighted by Crippen LogP contribution is 2.40. The number of furan rings is 1. The van der Waals surface area contributed by atoms with E-state index in [1.165, 1.54) is 0 Å². The number of ether oxygens (including phenoxy) is 2. The number of methoxy groups -OCH3 is 2. The van der Waals surface area contributed by atoms with Gasteiger partial charge in [0.2, 0.25) is 11.7 Å². The van der Waals surface area contributed by atoms with E-state index in [1.54, 1.807) is 20.4 Å². The van der Waals surface area contributed by atoms with Crippen molar-refractivity contribution < 1.29 is 13.9 Å². The van der Waals surface area contributed by atoms with Gasteiger partial charge in [-0.15, -0.1) is 24.0 Å². The van der Waals surface area contributed by atoms with Gasteiger partial charge in [0, 0.05) is 23.6 Å². The van der Waals surface area contributed by atoms with Crippen LogP contribution in [0.15, 0.2) is 22.7 Å². The molecule has 1 aromatic carbocycles. The molecule has 0 saturated heterocycles. The predicted molar refractivity (Wildman–Crippen MR) is 99.8 cm³/mol. The lowest BCUT2D eigenvalue weighted by Crippen LogP contribution is -2.04. The Balaban J connectivity index is 0.00000225. The van der Waals surface area contributed by atoms with Crippen molar-refractivity contribution in [2.75, 3.05) is 25.7 Å². The Hall–Kier alpha value is -2.38. The number of nitrogens with two attached hydrogens (primary N) is 2. The highest BCUT2D eigenvalue weighted by Gasteiger charge is 2.19. The van der Waals surface area contributed by atoms with E-state index in [9.17, 15) is 0 Å². The Morgan fingerprint density at radius 2 is 1.92 bits per heavy atom. The Morgan fingerprint density at radius 1 is 1.16 bits per heavy atom. The minimum Gasteiger partial charge on any atom is -0.493 e. The third-order valence-corrected chi connectivity index (χ3v) is 3.98. The summed E-state index contributed by atoms with van der Waals surface area (Å²) in [5, 5.41) is 0.875. The smallest absolute Gasteiger partial charge is 0.221 e. The van der Waals surface area contributed by atoms with Gasteiger partial charge in [-0.1, -0.05) is 0 Å². The maximum absolute atomic E-state index is 5.94. The van der Waals surface area contributed by atoms with Crippen LogP contribution in [-0.2, 0) is 12.3 Å². The van der Waals surface area contributed by atoms with Crippen LogP contribution in [0.3, 0.4) is 0 Å². The highest BCUT2D eigenvalue weighted by molar-refractivity contribution is 6.17. The lowest BCUT2D eigenvalue weighted by molar-refractivity contribution is 0.352. The molecule has 7 nitrogen and oxygen atoms in total. The van der Waals surface area contributed by atoms with Gasteiger partial charge in [0.05, 0.1) is 20.1 Å². The fourth-order valence-electron chi connectivity index (χ4n) is 2.60. The van der Waals surface area contributed by atoms with Gasteiger partial charge < -0.3 is 25.4 Å². The molecule has 0 fully saturated rings. The van der Waals surface area contributed by atoms with Crippen molar-refractivity contribution >= 4 is 46.7 Å². The van der Waals surface area contributed by atoms with Crippen LogP contribution >= 0.6 is 24.0 Å². The molecule has 2 heterocycles. The first-order chi connectivity index (χ1) is 11.6. The average Bonchev–Trinajstić information content (AvgIpc) is 3.01. The molecule has 4 N–H and O–H groups in total. The molecule has 0 unspecified atom stereocenters. The number of alkyl halides is 1. The molecule has 0 aliphatic rings. The van der Waals surface area contributed by atoms with E-state index in [0.29, 0.717) is 35.1 Å². The number of fused-ring (bicyclic) bond motifs is 1. The van der Waals surface area contributed by atoms with E-state index in [2.05, 4.69) is 9.97 Å². The zero-order chi connectivity index (χ0) is 17.3. The van der Waals surface area contributed by atoms with Crippen molar-refractivity contribution in [2.24, 2.45) is 0 Å². The predicted octanol–water partition coefficient (Wildman–Crippen LogP) is 3.16. The Kier molecular flexibility index (Phi) is 5.81. The zero-order valence-corrected chi connectivity index (χ0v) is 15.3. The van der Waals surface area contributed by atoms with Crippen LogP contribution in [0, 0.1) is 0 Å². The topological polar surface area (TPSA) is 109 Å². The van der Waals surface area contributed by atoms with E-state index < -0.39 is 0 Å². The Bertz CT molecular complexity index is 899. The van der Waals surface area contributed by atoms with Crippen LogP contribution in [-0.4, -0.2) is 24.2 Å². The second-order valence-electron chi connectivity index (χ2n) is 5.18. The van der Waals surface area contributed by atoms with Gasteiger partial charge in [-0.2, -0.15) is 4.98 Å². The first-order valence-corrected chi connectivity index (χ1v) is 7.70. The minimum absolute atomic E-state index is 0. The number of hydrogen-bond acceptors (Lipinski definition) is 7. The second kappa shape index (κ2) is 7.67. The molecule has 0 spiro atoms. The van der Waals surface area contributed by atoms with Crippen molar-refractivity contribution in [1.29, 1.82) is 0 Å². The number of hydrogen-bond donors (Lipinski definition) is 2. The molecule has 3 aromatic rings. The van der Waals surface area contributed by atoms with Crippen LogP contribution in [0.5, 0.6) is 11.5 Å². The van der Waals surface area contributed by atoms with E-state index in [-0.39, 0.29) is 24.2 Å². The molecule has 134 valence electrons. The summed E-state index contributed by atoms with van der Waals surface area (Å²) in [5.41, 5.74) is 13.8. The van der Waals surface area contributed by atoms with Crippen molar-refractivity contribution in [1.82, 2.24) is 9.97 Å². The van der Waals surface area contributed by atoms with Gasteiger partial charge in [-0.05, 0) is 17.7 Å². The summed E-state index contributed by atoms with van der Waals surface area (Å²) >= 11 is 5.90. The molecule has 9 heteroatoms. The molecule has 25 heavy (non-hydrogen) atoms. The molecule has 3 rings (SSSR count). The van der Waals surface area contributed by atoms with Gasteiger partial charge in [0.15, 0.2) is 11.3 Å². The molecule has 0 atom stereocenters. The molecule has 0 saturated carbocycles. The molecule has 2 aromatic heterocycles. The maximum atomic E-state index is 5.94. The number of nitrogen functional groups attached to an aromatic ring is 2. The number of halogens is 2. The lowest BCUT2D eigenvalue weighted by Gasteiger charge is -2.12. The standard InChI is InChI=1S/C16H17ClN4O3.ClH/c1-22-12-4-8(3-9-7-20-16(19)21-15(9)18)11-5-10(6-17)24-13(11)14(12)23-2;/h4-5,7H,3,6H2,1-2H3,(H4,18,19,20,21);1H. The van der Waals surface area contributed by atoms with Crippen molar-refractivity contribution in [2.45, 2.75) is 12.3 Å². The molecular weight excluding hydrogens is 367 g/mol. The average molecular weight is 385 g/mol. The highest BCUT2D eigenvalue weighted by atomic mass is 35.5. The molecular formula is C16H18Cl2N4O3. The first-order valence-electron chi connectivity index (χ1n) is 7.16. The summed E-state index contributed by atoms with van der Waals surface area (Å²) in [5.74, 6) is 2.46. The van der Waals surface area contributed by atoms with Crippen molar-refractivity contribution in [3.8, 4) is 11.5 Å². The van der Waals surface area contributed by atoms with Crippen molar-refractivity contribution in [3.63, 3.8) is 0 Å². The van der Waals surface area contributed by atoms with Crippen LogP contribution in [0.2, 0.25) is 0 Å². The van der Waals surface area contributed by atoms with Crippen LogP contribution in [0.25, 0.3) is 11.0 Å². The molecule has 0 bridgehead atoms. The summed E-state index contributed by atoms with van der Waals surface area (Å²) in [6.07, 6.45) is 2.10. The number of benzene rings is 1. The van der Waals surface area contributed by atoms with Gasteiger partial charge >= 0.3 is 0 Å². The van der Waals surface area contributed by atoms with E-state index in [4.69, 9.17) is 37.0 Å². The number of aromatic nitrogens is 2. The second-order valence-corrected chi connectivity index (χ2v) is 5.44. The lowest BCUT2D eigenvalue weighted by atomic mass is 10.0. The van der Waals surface area contributed by atoms with E-state index in [0.717, 1.165) is 16.5 Å². The summed E-state index contributed by atoms with van der Waals surface area (Å²) in [6.45, 7) is 0. The minimum atomic E-state index is 0. The Labute approximate surface area is 155 Å². The maximum Gasteiger partial charge on any atom is 0.221 e. The first kappa shape index (κ1) is 19.0. The quantitative estimate of drug-likeness (QED) is 0.649. The third-order valence-electron chi connectivity index (χ3n) is 3.72. The summed E-state index contributed by atoms with van der Waals surface area (Å²) in [4.78, 5) is 7.99. The number of nitrogens with zero attached hydrogens (tertiary/aromatic N) is 2. The fraction of sp³-hybridized carbons (Fsp3) is 0.250. The van der Waals surface area contributed by atoms with E-state index in [1.807, 2.05) is 12.1 Å². The zero-order valence-electron chi connectivity index (χ0n) is 13.7. The monoisotopic (exact) mass is 384 g/mol. The number of rotatable bonds is 5. The van der Waals surface area contributed by atoms with Gasteiger partial charge in [0.25, 0.3) is 0 Å². The fourth-order valence-corrected chi connectivity index (χ4v) is 2.73. The van der Waals surface area contributed by atoms with Crippen LogP contribution in [0.4, 0.5) is 11.8 Å². The number of anilines is 2. The SMILES string of the molecule is COc1cc(Cc2cnc(N)nc2N)c2cc(CCl)oc2c1OC.Cl. The molecule has 0 aliphatic carbocycles. The molecule has 0 radical (unpaired) electrons. The molecule has 0 aliphatic heterocycles. The van der Waals surface area contributed by atoms with Gasteiger partial charge in [-0.3, -0.25) is 0 Å². The summed E-state index contributed by atoms with van der Waals surface area (Å²) in [7, 11) is 3.13. The van der Waals surface area contributed by atoms with Crippen LogP contribution < -0.4 is 20.9 Å². The largest absolute Gasteiger partial charge is 0.493 e. The van der Waals surface area contributed by atoms with Crippen molar-refractivity contribution in [3.05, 3.63) is 35.2 Å².